The van der Waals surface area contributed by atoms with E-state index in [1.807, 2.05) is 0 Å². The molecule has 0 spiro atoms. The minimum atomic E-state index is -0.965. The van der Waals surface area contributed by atoms with Gasteiger partial charge in [0.25, 0.3) is 5.91 Å². The third-order valence-corrected chi connectivity index (χ3v) is 5.33. The number of carbonyl (C=O) groups excluding carboxylic acids is 4. The zero-order chi connectivity index (χ0) is 19.1. The summed E-state index contributed by atoms with van der Waals surface area (Å²) in [6.45, 7) is 0.589. The predicted octanol–water partition coefficient (Wildman–Crippen LogP) is 2.44. The first-order valence-electron chi connectivity index (χ1n) is 8.00. The van der Waals surface area contributed by atoms with Crippen LogP contribution >= 0.6 is 23.2 Å². The van der Waals surface area contributed by atoms with Crippen molar-refractivity contribution in [3.63, 3.8) is 0 Å². The fourth-order valence-electron chi connectivity index (χ4n) is 2.87. The van der Waals surface area contributed by atoms with Crippen molar-refractivity contribution in [2.75, 3.05) is 13.2 Å². The van der Waals surface area contributed by atoms with Gasteiger partial charge in [0.1, 0.15) is 12.1 Å². The number of imide groups is 1. The Labute approximate surface area is 159 Å². The van der Waals surface area contributed by atoms with Crippen LogP contribution in [0.3, 0.4) is 0 Å². The molecule has 0 bridgehead atoms. The first kappa shape index (κ1) is 18.7. The summed E-state index contributed by atoms with van der Waals surface area (Å²) in [5.41, 5.74) is -0.726. The molecular formula is C17H16Cl2N2O5. The van der Waals surface area contributed by atoms with E-state index in [1.54, 1.807) is 6.92 Å². The van der Waals surface area contributed by atoms with Crippen molar-refractivity contribution in [3.8, 4) is 0 Å². The van der Waals surface area contributed by atoms with E-state index in [-0.39, 0.29) is 16.5 Å². The van der Waals surface area contributed by atoms with E-state index in [0.717, 1.165) is 17.7 Å². The smallest absolute Gasteiger partial charge is 0.326 e. The number of hydrogen-bond acceptors (Lipinski definition) is 5. The van der Waals surface area contributed by atoms with Gasteiger partial charge in [-0.15, -0.1) is 0 Å². The number of halogens is 2. The molecule has 1 aromatic carbocycles. The molecular weight excluding hydrogens is 383 g/mol. The molecule has 7 nitrogen and oxygen atoms in total. The molecule has 1 atom stereocenters. The monoisotopic (exact) mass is 398 g/mol. The standard InChI is InChI=1S/C17H16Cl2N2O5/c1-17(10-3-4-10)15(24)21(16(25)20-17)7-14(23)26-8-13(22)9-2-5-11(18)12(19)6-9/h2,5-6,10H,3-4,7-8H2,1H3,(H,20,25). The number of ether oxygens (including phenoxy) is 1. The van der Waals surface area contributed by atoms with Crippen LogP contribution in [0, 0.1) is 5.92 Å². The van der Waals surface area contributed by atoms with Crippen molar-refractivity contribution in [1.29, 1.82) is 0 Å². The molecule has 1 unspecified atom stereocenters. The van der Waals surface area contributed by atoms with Crippen LogP contribution in [0.4, 0.5) is 4.79 Å². The minimum Gasteiger partial charge on any atom is -0.456 e. The van der Waals surface area contributed by atoms with Crippen molar-refractivity contribution in [1.82, 2.24) is 10.2 Å². The van der Waals surface area contributed by atoms with Crippen LogP contribution in [0.15, 0.2) is 18.2 Å². The Morgan fingerprint density at radius 2 is 1.96 bits per heavy atom. The van der Waals surface area contributed by atoms with Crippen molar-refractivity contribution in [2.45, 2.75) is 25.3 Å². The lowest BCUT2D eigenvalue weighted by Crippen LogP contribution is -2.46. The molecule has 1 aliphatic carbocycles. The fourth-order valence-corrected chi connectivity index (χ4v) is 3.17. The number of urea groups is 1. The van der Waals surface area contributed by atoms with Gasteiger partial charge in [-0.1, -0.05) is 23.2 Å². The largest absolute Gasteiger partial charge is 0.456 e. The van der Waals surface area contributed by atoms with Crippen molar-refractivity contribution in [3.05, 3.63) is 33.8 Å². The molecule has 3 amide bonds. The second-order valence-corrected chi connectivity index (χ2v) is 7.33. The van der Waals surface area contributed by atoms with Gasteiger partial charge in [-0.3, -0.25) is 19.3 Å². The lowest BCUT2D eigenvalue weighted by Gasteiger charge is -2.20. The third-order valence-electron chi connectivity index (χ3n) is 4.59. The van der Waals surface area contributed by atoms with Gasteiger partial charge in [0, 0.05) is 5.56 Å². The summed E-state index contributed by atoms with van der Waals surface area (Å²) < 4.78 is 4.89. The Hall–Kier alpha value is -2.12. The summed E-state index contributed by atoms with van der Waals surface area (Å²) in [6, 6.07) is 3.67. The van der Waals surface area contributed by atoms with E-state index in [1.165, 1.54) is 18.2 Å². The van der Waals surface area contributed by atoms with E-state index in [9.17, 15) is 19.2 Å². The molecule has 3 rings (SSSR count). The first-order valence-corrected chi connectivity index (χ1v) is 8.76. The van der Waals surface area contributed by atoms with Gasteiger partial charge in [-0.05, 0) is 43.9 Å². The Balaban J connectivity index is 1.55. The fraction of sp³-hybridized carbons (Fsp3) is 0.412. The maximum atomic E-state index is 12.4. The number of hydrogen-bond donors (Lipinski definition) is 1. The molecule has 0 radical (unpaired) electrons. The van der Waals surface area contributed by atoms with Gasteiger partial charge in [0.05, 0.1) is 10.0 Å². The Morgan fingerprint density at radius 3 is 2.58 bits per heavy atom. The van der Waals surface area contributed by atoms with Crippen LogP contribution in [0.5, 0.6) is 0 Å². The van der Waals surface area contributed by atoms with Crippen LogP contribution in [-0.4, -0.2) is 47.3 Å². The molecule has 1 heterocycles. The second kappa shape index (κ2) is 6.89. The molecule has 1 saturated carbocycles. The number of nitrogens with zero attached hydrogens (tertiary/aromatic N) is 1. The number of carbonyl (C=O) groups is 4. The summed E-state index contributed by atoms with van der Waals surface area (Å²) >= 11 is 11.6. The van der Waals surface area contributed by atoms with Gasteiger partial charge in [-0.25, -0.2) is 4.79 Å². The number of Topliss-reactive ketones (excluding diaryl/α,β-unsaturated/α-hetero) is 1. The molecule has 2 fully saturated rings. The highest BCUT2D eigenvalue weighted by molar-refractivity contribution is 6.42. The zero-order valence-electron chi connectivity index (χ0n) is 13.9. The van der Waals surface area contributed by atoms with E-state index >= 15 is 0 Å². The second-order valence-electron chi connectivity index (χ2n) is 6.51. The van der Waals surface area contributed by atoms with Gasteiger partial charge < -0.3 is 10.1 Å². The van der Waals surface area contributed by atoms with Crippen LogP contribution in [0.25, 0.3) is 0 Å². The molecule has 138 valence electrons. The van der Waals surface area contributed by atoms with E-state index < -0.39 is 42.4 Å². The highest BCUT2D eigenvalue weighted by Gasteiger charge is 2.56. The average molecular weight is 399 g/mol. The Kier molecular flexibility index (Phi) is 4.94. The molecule has 0 aromatic heterocycles. The predicted molar refractivity (Wildman–Crippen MR) is 93.1 cm³/mol. The van der Waals surface area contributed by atoms with Crippen molar-refractivity contribution >= 4 is 46.9 Å². The van der Waals surface area contributed by atoms with E-state index in [2.05, 4.69) is 5.32 Å². The van der Waals surface area contributed by atoms with Gasteiger partial charge in [0.2, 0.25) is 0 Å². The maximum Gasteiger partial charge on any atom is 0.326 e. The SMILES string of the molecule is CC1(C2CC2)NC(=O)N(CC(=O)OCC(=O)c2ccc(Cl)c(Cl)c2)C1=O. The number of rotatable bonds is 6. The summed E-state index contributed by atoms with van der Waals surface area (Å²) in [6.07, 6.45) is 1.72. The Bertz CT molecular complexity index is 808. The lowest BCUT2D eigenvalue weighted by molar-refractivity contribution is -0.146. The topological polar surface area (TPSA) is 92.8 Å². The number of benzene rings is 1. The molecule has 9 heteroatoms. The quantitative estimate of drug-likeness (QED) is 0.451. The van der Waals surface area contributed by atoms with Crippen LogP contribution in [-0.2, 0) is 14.3 Å². The highest BCUT2D eigenvalue weighted by atomic mass is 35.5. The van der Waals surface area contributed by atoms with Crippen LogP contribution in [0.2, 0.25) is 10.0 Å². The Morgan fingerprint density at radius 1 is 1.27 bits per heavy atom. The number of esters is 1. The normalized spacial score (nSPS) is 22.3. The summed E-state index contributed by atoms with van der Waals surface area (Å²) in [7, 11) is 0. The molecule has 1 N–H and O–H groups in total. The first-order chi connectivity index (χ1) is 12.2. The van der Waals surface area contributed by atoms with Gasteiger partial charge >= 0.3 is 12.0 Å². The number of amides is 3. The summed E-state index contributed by atoms with van der Waals surface area (Å²) in [5.74, 6) is -1.67. The molecule has 2 aliphatic rings. The molecule has 1 aliphatic heterocycles. The van der Waals surface area contributed by atoms with Crippen LogP contribution < -0.4 is 5.32 Å². The zero-order valence-corrected chi connectivity index (χ0v) is 15.4. The molecule has 26 heavy (non-hydrogen) atoms. The van der Waals surface area contributed by atoms with Crippen molar-refractivity contribution in [2.24, 2.45) is 5.92 Å². The van der Waals surface area contributed by atoms with Crippen LogP contribution in [0.1, 0.15) is 30.1 Å². The van der Waals surface area contributed by atoms with Crippen molar-refractivity contribution < 1.29 is 23.9 Å². The minimum absolute atomic E-state index is 0.0937. The van der Waals surface area contributed by atoms with E-state index in [4.69, 9.17) is 27.9 Å². The van der Waals surface area contributed by atoms with Gasteiger partial charge in [-0.2, -0.15) is 0 Å². The van der Waals surface area contributed by atoms with Gasteiger partial charge in [0.15, 0.2) is 12.4 Å². The molecule has 1 saturated heterocycles. The summed E-state index contributed by atoms with van der Waals surface area (Å²) in [5, 5.41) is 3.15. The average Bonchev–Trinajstić information content (AvgIpc) is 3.41. The highest BCUT2D eigenvalue weighted by Crippen LogP contribution is 2.42. The number of ketones is 1. The lowest BCUT2D eigenvalue weighted by atomic mass is 9.96. The molecule has 1 aromatic rings. The third kappa shape index (κ3) is 3.54. The summed E-state index contributed by atoms with van der Waals surface area (Å²) in [4.78, 5) is 49.2. The van der Waals surface area contributed by atoms with E-state index in [0.29, 0.717) is 5.02 Å². The number of nitrogens with one attached hydrogen (secondary N) is 1. The maximum absolute atomic E-state index is 12.4.